The topological polar surface area (TPSA) is 63.4 Å². The maximum absolute atomic E-state index is 14.1. The maximum Gasteiger partial charge on any atom is 0.167 e. The number of nitrogens with zero attached hydrogens (tertiary/aromatic N) is 2. The zero-order valence-corrected chi connectivity index (χ0v) is 14.9. The summed E-state index contributed by atoms with van der Waals surface area (Å²) >= 11 is 0. The monoisotopic (exact) mass is 364 g/mol. The van der Waals surface area contributed by atoms with Crippen molar-refractivity contribution in [3.8, 4) is 22.6 Å². The Hall–Kier alpha value is -3.12. The lowest BCUT2D eigenvalue weighted by molar-refractivity contribution is 0.443. The van der Waals surface area contributed by atoms with E-state index in [2.05, 4.69) is 27.3 Å². The third-order valence-electron chi connectivity index (χ3n) is 4.62. The summed E-state index contributed by atoms with van der Waals surface area (Å²) in [6, 6.07) is 14.4. The Morgan fingerprint density at radius 1 is 1.00 bits per heavy atom. The molecule has 0 saturated carbocycles. The van der Waals surface area contributed by atoms with Crippen LogP contribution in [0.4, 0.5) is 15.8 Å². The largest absolute Gasteiger partial charge is 0.454 e. The minimum absolute atomic E-state index is 0.133. The van der Waals surface area contributed by atoms with Crippen LogP contribution in [0.5, 0.6) is 11.5 Å². The van der Waals surface area contributed by atoms with Gasteiger partial charge >= 0.3 is 0 Å². The average molecular weight is 364 g/mol. The molecule has 0 atom stereocenters. The molecule has 4 rings (SSSR count). The number of pyridine rings is 1. The molecular formula is C21H21FN4O. The molecule has 0 unspecified atom stereocenters. The second-order valence-electron chi connectivity index (χ2n) is 6.45. The number of benzene rings is 2. The van der Waals surface area contributed by atoms with Crippen molar-refractivity contribution < 1.29 is 9.13 Å². The summed E-state index contributed by atoms with van der Waals surface area (Å²) in [7, 11) is 0. The third kappa shape index (κ3) is 3.85. The smallest absolute Gasteiger partial charge is 0.167 e. The van der Waals surface area contributed by atoms with Crippen molar-refractivity contribution in [1.82, 2.24) is 10.3 Å². The van der Waals surface area contributed by atoms with Crippen LogP contribution in [0.15, 0.2) is 60.9 Å². The third-order valence-corrected chi connectivity index (χ3v) is 4.62. The fraction of sp³-hybridized carbons (Fsp3) is 0.190. The van der Waals surface area contributed by atoms with Crippen LogP contribution in [0, 0.1) is 5.82 Å². The molecule has 2 heterocycles. The molecule has 1 aromatic heterocycles. The normalized spacial score (nSPS) is 14.2. The molecule has 1 aliphatic heterocycles. The molecule has 0 radical (unpaired) electrons. The van der Waals surface area contributed by atoms with E-state index >= 15 is 0 Å². The van der Waals surface area contributed by atoms with Gasteiger partial charge in [0.15, 0.2) is 11.6 Å². The van der Waals surface area contributed by atoms with E-state index in [1.165, 1.54) is 17.8 Å². The van der Waals surface area contributed by atoms with Gasteiger partial charge in [-0.15, -0.1) is 0 Å². The molecule has 5 nitrogen and oxygen atoms in total. The summed E-state index contributed by atoms with van der Waals surface area (Å²) in [5.74, 6) is 0.185. The van der Waals surface area contributed by atoms with Crippen molar-refractivity contribution in [1.29, 1.82) is 0 Å². The fourth-order valence-electron chi connectivity index (χ4n) is 3.18. The first-order chi connectivity index (χ1) is 13.2. The summed E-state index contributed by atoms with van der Waals surface area (Å²) < 4.78 is 19.9. The first-order valence-electron chi connectivity index (χ1n) is 8.94. The predicted octanol–water partition coefficient (Wildman–Crippen LogP) is 3.67. The van der Waals surface area contributed by atoms with E-state index in [0.717, 1.165) is 37.3 Å². The minimum Gasteiger partial charge on any atom is -0.454 e. The van der Waals surface area contributed by atoms with Crippen molar-refractivity contribution in [3.05, 3.63) is 66.7 Å². The van der Waals surface area contributed by atoms with Crippen LogP contribution in [0.25, 0.3) is 11.1 Å². The average Bonchev–Trinajstić information content (AvgIpc) is 2.71. The van der Waals surface area contributed by atoms with Crippen LogP contribution in [-0.2, 0) is 0 Å². The Labute approximate surface area is 157 Å². The van der Waals surface area contributed by atoms with Gasteiger partial charge < -0.3 is 20.7 Å². The van der Waals surface area contributed by atoms with Gasteiger partial charge in [0.1, 0.15) is 5.75 Å². The Morgan fingerprint density at radius 3 is 2.52 bits per heavy atom. The van der Waals surface area contributed by atoms with E-state index in [1.54, 1.807) is 24.5 Å². The van der Waals surface area contributed by atoms with E-state index < -0.39 is 5.82 Å². The number of rotatable bonds is 4. The molecule has 1 saturated heterocycles. The van der Waals surface area contributed by atoms with Crippen LogP contribution < -0.4 is 20.7 Å². The molecule has 0 bridgehead atoms. The molecule has 1 aliphatic rings. The lowest BCUT2D eigenvalue weighted by atomic mass is 10.1. The van der Waals surface area contributed by atoms with E-state index in [9.17, 15) is 4.39 Å². The maximum atomic E-state index is 14.1. The van der Waals surface area contributed by atoms with E-state index in [1.807, 2.05) is 12.1 Å². The van der Waals surface area contributed by atoms with Gasteiger partial charge in [0, 0.05) is 61.6 Å². The number of hydrogen-bond donors (Lipinski definition) is 2. The van der Waals surface area contributed by atoms with Gasteiger partial charge in [0.25, 0.3) is 0 Å². The molecule has 1 fully saturated rings. The number of nitrogen functional groups attached to an aromatic ring is 1. The van der Waals surface area contributed by atoms with E-state index in [4.69, 9.17) is 10.5 Å². The van der Waals surface area contributed by atoms with Crippen LogP contribution in [0.3, 0.4) is 0 Å². The standard InChI is InChI=1S/C21H21FN4O/c22-19-13-16(23)3-6-21(19)27-20-7-8-25-14-18(20)15-1-4-17(5-2-15)26-11-9-24-10-12-26/h1-8,13-14,24H,9-12,23H2. The minimum atomic E-state index is -0.494. The number of nitrogens with two attached hydrogens (primary N) is 1. The summed E-state index contributed by atoms with van der Waals surface area (Å²) in [5, 5.41) is 3.36. The first kappa shape index (κ1) is 17.3. The van der Waals surface area contributed by atoms with E-state index in [-0.39, 0.29) is 5.75 Å². The highest BCUT2D eigenvalue weighted by atomic mass is 19.1. The molecule has 27 heavy (non-hydrogen) atoms. The van der Waals surface area contributed by atoms with Gasteiger partial charge in [-0.1, -0.05) is 12.1 Å². The second-order valence-corrected chi connectivity index (χ2v) is 6.45. The van der Waals surface area contributed by atoms with Crippen LogP contribution in [-0.4, -0.2) is 31.2 Å². The number of anilines is 2. The van der Waals surface area contributed by atoms with Crippen molar-refractivity contribution in [2.45, 2.75) is 0 Å². The van der Waals surface area contributed by atoms with Gasteiger partial charge in [0.2, 0.25) is 0 Å². The highest BCUT2D eigenvalue weighted by molar-refractivity contribution is 5.71. The Kier molecular flexibility index (Phi) is 4.89. The highest BCUT2D eigenvalue weighted by Gasteiger charge is 2.13. The van der Waals surface area contributed by atoms with Gasteiger partial charge in [-0.2, -0.15) is 0 Å². The number of halogens is 1. The Bertz CT molecular complexity index is 924. The predicted molar refractivity (Wildman–Crippen MR) is 106 cm³/mol. The van der Waals surface area contributed by atoms with Crippen molar-refractivity contribution in [2.24, 2.45) is 0 Å². The lowest BCUT2D eigenvalue weighted by Crippen LogP contribution is -2.43. The number of piperazine rings is 1. The van der Waals surface area contributed by atoms with Crippen molar-refractivity contribution in [3.63, 3.8) is 0 Å². The van der Waals surface area contributed by atoms with Gasteiger partial charge in [-0.05, 0) is 35.9 Å². The highest BCUT2D eigenvalue weighted by Crippen LogP contribution is 2.34. The Morgan fingerprint density at radius 2 is 1.78 bits per heavy atom. The molecular weight excluding hydrogens is 343 g/mol. The molecule has 3 N–H and O–H groups in total. The number of hydrogen-bond acceptors (Lipinski definition) is 5. The van der Waals surface area contributed by atoms with Crippen molar-refractivity contribution >= 4 is 11.4 Å². The number of nitrogens with one attached hydrogen (secondary N) is 1. The molecule has 0 amide bonds. The summed E-state index contributed by atoms with van der Waals surface area (Å²) in [6.45, 7) is 3.99. The van der Waals surface area contributed by atoms with Gasteiger partial charge in [-0.25, -0.2) is 4.39 Å². The van der Waals surface area contributed by atoms with Crippen LogP contribution in [0.2, 0.25) is 0 Å². The van der Waals surface area contributed by atoms with Gasteiger partial charge in [-0.3, -0.25) is 4.98 Å². The number of ether oxygens (including phenoxy) is 1. The molecule has 0 spiro atoms. The molecule has 2 aromatic carbocycles. The van der Waals surface area contributed by atoms with Crippen molar-refractivity contribution in [2.75, 3.05) is 36.8 Å². The van der Waals surface area contributed by atoms with Gasteiger partial charge in [0.05, 0.1) is 0 Å². The van der Waals surface area contributed by atoms with Crippen LogP contribution >= 0.6 is 0 Å². The zero-order chi connectivity index (χ0) is 18.6. The quantitative estimate of drug-likeness (QED) is 0.692. The SMILES string of the molecule is Nc1ccc(Oc2ccncc2-c2ccc(N3CCNCC3)cc2)c(F)c1. The lowest BCUT2D eigenvalue weighted by Gasteiger charge is -2.29. The summed E-state index contributed by atoms with van der Waals surface area (Å²) in [6.07, 6.45) is 3.35. The van der Waals surface area contributed by atoms with E-state index in [0.29, 0.717) is 11.4 Å². The molecule has 6 heteroatoms. The Balaban J connectivity index is 1.60. The molecule has 0 aliphatic carbocycles. The fourth-order valence-corrected chi connectivity index (χ4v) is 3.18. The zero-order valence-electron chi connectivity index (χ0n) is 14.9. The first-order valence-corrected chi connectivity index (χ1v) is 8.94. The summed E-state index contributed by atoms with van der Waals surface area (Å²) in [5.41, 5.74) is 8.93. The molecule has 138 valence electrons. The number of aromatic nitrogens is 1. The second kappa shape index (κ2) is 7.63. The molecule has 3 aromatic rings. The summed E-state index contributed by atoms with van der Waals surface area (Å²) in [4.78, 5) is 6.55. The van der Waals surface area contributed by atoms with Crippen LogP contribution in [0.1, 0.15) is 0 Å².